The molecule has 10 nitrogen and oxygen atoms in total. The van der Waals surface area contributed by atoms with Gasteiger partial charge in [0.05, 0.1) is 6.61 Å². The molecule has 0 aromatic carbocycles. The van der Waals surface area contributed by atoms with Crippen LogP contribution in [0.25, 0.3) is 0 Å². The molecule has 0 bridgehead atoms. The van der Waals surface area contributed by atoms with Crippen molar-refractivity contribution in [2.45, 2.75) is 125 Å². The maximum absolute atomic E-state index is 12.7. The van der Waals surface area contributed by atoms with E-state index in [1.165, 1.54) is 5.57 Å². The highest BCUT2D eigenvalue weighted by Crippen LogP contribution is 2.37. The third kappa shape index (κ3) is 14.5. The van der Waals surface area contributed by atoms with E-state index in [4.69, 9.17) is 29.2 Å². The Labute approximate surface area is 268 Å². The zero-order chi connectivity index (χ0) is 36.2. The number of esters is 4. The topological polar surface area (TPSA) is 135 Å². The summed E-state index contributed by atoms with van der Waals surface area (Å²) in [5.41, 5.74) is 4.10. The number of allylic oxidation sites excluding steroid dienone is 6. The van der Waals surface area contributed by atoms with Crippen LogP contribution in [0.3, 0.4) is 0 Å². The van der Waals surface area contributed by atoms with E-state index in [1.807, 2.05) is 46.8 Å². The molecule has 10 heteroatoms. The van der Waals surface area contributed by atoms with E-state index in [1.54, 1.807) is 6.08 Å². The minimum Gasteiger partial charge on any atom is -0.463 e. The first-order valence-electron chi connectivity index (χ1n) is 17.4. The number of hydrogen-bond donors (Lipinski definition) is 1. The first kappa shape index (κ1) is 32.2. The van der Waals surface area contributed by atoms with Crippen LogP contribution in [0.4, 0.5) is 0 Å². The molecule has 0 amide bonds. The Kier molecular flexibility index (Phi) is 14.6. The van der Waals surface area contributed by atoms with Crippen LogP contribution < -0.4 is 0 Å². The predicted molar refractivity (Wildman–Crippen MR) is 166 cm³/mol. The Bertz CT molecular complexity index is 1180. The molecule has 1 fully saturated rings. The van der Waals surface area contributed by atoms with Crippen molar-refractivity contribution < 1.29 is 53.5 Å². The second-order valence-corrected chi connectivity index (χ2v) is 11.1. The molecule has 0 spiro atoms. The van der Waals surface area contributed by atoms with E-state index in [-0.39, 0.29) is 6.61 Å². The Morgan fingerprint density at radius 3 is 1.86 bits per heavy atom. The minimum atomic E-state index is -1.54. The number of rotatable bonds is 16. The number of aliphatic hydroxyl groups is 1. The van der Waals surface area contributed by atoms with E-state index in [2.05, 4.69) is 6.08 Å². The molecule has 0 radical (unpaired) electrons. The van der Waals surface area contributed by atoms with Crippen LogP contribution in [0.15, 0.2) is 46.6 Å². The van der Waals surface area contributed by atoms with Crippen molar-refractivity contribution in [1.82, 2.24) is 0 Å². The Balaban J connectivity index is 3.84. The maximum atomic E-state index is 12.7. The van der Waals surface area contributed by atoms with Gasteiger partial charge in [0.15, 0.2) is 18.3 Å². The molecule has 0 aromatic heterocycles. The van der Waals surface area contributed by atoms with Gasteiger partial charge in [-0.05, 0) is 66.7 Å². The number of ether oxygens (including phenoxy) is 5. The third-order valence-corrected chi connectivity index (χ3v) is 7.12. The van der Waals surface area contributed by atoms with E-state index >= 15 is 0 Å². The summed E-state index contributed by atoms with van der Waals surface area (Å²) in [5.74, 6) is -4.44. The molecule has 6 atom stereocenters. The van der Waals surface area contributed by atoms with Crippen molar-refractivity contribution in [3.05, 3.63) is 46.6 Å². The fraction of sp³-hybridized carbons (Fsp3) is 0.647. The minimum absolute atomic E-state index is 0.0799. The van der Waals surface area contributed by atoms with Crippen LogP contribution in [0.5, 0.6) is 0 Å². The largest absolute Gasteiger partial charge is 0.463 e. The van der Waals surface area contributed by atoms with E-state index in [9.17, 15) is 24.3 Å². The molecular weight excluding hydrogens is 568 g/mol. The highest BCUT2D eigenvalue weighted by molar-refractivity contribution is 5.68. The lowest BCUT2D eigenvalue weighted by atomic mass is 9.81. The smallest absolute Gasteiger partial charge is 0.303 e. The summed E-state index contributed by atoms with van der Waals surface area (Å²) in [7, 11) is 0. The van der Waals surface area contributed by atoms with Crippen molar-refractivity contribution >= 4 is 23.9 Å². The predicted octanol–water partition coefficient (Wildman–Crippen LogP) is 5.48. The average Bonchev–Trinajstić information content (AvgIpc) is 3.05. The van der Waals surface area contributed by atoms with E-state index < -0.39 is 94.5 Å². The number of aliphatic hydroxyl groups excluding tert-OH is 1. The Hall–Kier alpha value is -3.24. The summed E-state index contributed by atoms with van der Waals surface area (Å²) in [6.07, 6.45) is 4.30. The van der Waals surface area contributed by atoms with Crippen LogP contribution in [0.2, 0.25) is 0 Å². The molecule has 0 saturated carbocycles. The summed E-state index contributed by atoms with van der Waals surface area (Å²) in [6.45, 7) is 6.14. The number of carbonyl (C=O) groups is 4. The van der Waals surface area contributed by atoms with Crippen molar-refractivity contribution in [3.63, 3.8) is 0 Å². The van der Waals surface area contributed by atoms with Gasteiger partial charge in [-0.3, -0.25) is 19.2 Å². The summed E-state index contributed by atoms with van der Waals surface area (Å²) < 4.78 is 58.4. The van der Waals surface area contributed by atoms with Crippen molar-refractivity contribution in [2.24, 2.45) is 5.92 Å². The molecular formula is C34H52O10. The van der Waals surface area contributed by atoms with Gasteiger partial charge in [0.25, 0.3) is 0 Å². The fourth-order valence-corrected chi connectivity index (χ4v) is 4.98. The van der Waals surface area contributed by atoms with Gasteiger partial charge in [-0.1, -0.05) is 46.6 Å². The molecule has 44 heavy (non-hydrogen) atoms. The summed E-state index contributed by atoms with van der Waals surface area (Å²) in [5, 5.41) is 9.25. The third-order valence-electron chi connectivity index (χ3n) is 7.12. The van der Waals surface area contributed by atoms with Gasteiger partial charge in [0, 0.05) is 39.0 Å². The molecule has 248 valence electrons. The second-order valence-electron chi connectivity index (χ2n) is 11.1. The summed E-state index contributed by atoms with van der Waals surface area (Å²) in [4.78, 5) is 49.6. The van der Waals surface area contributed by atoms with Gasteiger partial charge < -0.3 is 28.8 Å². The van der Waals surface area contributed by atoms with Gasteiger partial charge in [-0.25, -0.2) is 0 Å². The molecule has 1 heterocycles. The van der Waals surface area contributed by atoms with Gasteiger partial charge in [-0.2, -0.15) is 0 Å². The molecule has 1 N–H and O–H groups in total. The van der Waals surface area contributed by atoms with Crippen LogP contribution >= 0.6 is 0 Å². The van der Waals surface area contributed by atoms with Crippen molar-refractivity contribution in [3.8, 4) is 0 Å². The molecule has 1 aliphatic rings. The normalized spacial score (nSPS) is 24.5. The fourth-order valence-electron chi connectivity index (χ4n) is 4.98. The molecule has 0 aliphatic carbocycles. The zero-order valence-corrected chi connectivity index (χ0v) is 26.7. The molecule has 0 aromatic rings. The van der Waals surface area contributed by atoms with Gasteiger partial charge in [0.1, 0.15) is 18.8 Å². The first-order chi connectivity index (χ1) is 22.8. The SMILES string of the molecule is [2H]CC(=O)OC[C@H]1OC(C(C/C=C(\C)CCC=C(C)C)C(C)=CCC/C(C)=C/CO)[C@@H](OC(=O)C[2H])[C@@H](OC(=O)C[2H])[C@@H]1OC(=O)C[2H]. The molecule has 2 unspecified atom stereocenters. The summed E-state index contributed by atoms with van der Waals surface area (Å²) >= 11 is 0. The highest BCUT2D eigenvalue weighted by Gasteiger charge is 2.54. The Morgan fingerprint density at radius 2 is 1.30 bits per heavy atom. The average molecular weight is 625 g/mol. The molecule has 1 rings (SSSR count). The lowest BCUT2D eigenvalue weighted by molar-refractivity contribution is -0.258. The van der Waals surface area contributed by atoms with Crippen LogP contribution in [0.1, 0.15) is 99.8 Å². The lowest BCUT2D eigenvalue weighted by Crippen LogP contribution is -2.63. The maximum Gasteiger partial charge on any atom is 0.303 e. The molecule has 1 aliphatic heterocycles. The molecule has 1 saturated heterocycles. The Morgan fingerprint density at radius 1 is 0.750 bits per heavy atom. The monoisotopic (exact) mass is 624 g/mol. The van der Waals surface area contributed by atoms with Crippen LogP contribution in [-0.4, -0.2) is 72.7 Å². The standard InChI is InChI=1S/C34H52O10/c1-21(2)12-10-13-22(3)16-17-29(24(5)15-11-14-23(4)18-19-35)31-33(42-27(8)38)34(43-28(9)39)32(41-26(7)37)30(44-31)20-40-25(6)36/h12,15-16,18,29-35H,10-11,13-14,17,19-20H2,1-9H3/b22-16+,23-18+,24-15?/t29?,30-,31?,32-,33-,34+/m1/s1/i6D,7D,8D,9D. The first-order valence-corrected chi connectivity index (χ1v) is 14.6. The number of hydrogen-bond acceptors (Lipinski definition) is 10. The lowest BCUT2D eigenvalue weighted by Gasteiger charge is -2.47. The quantitative estimate of drug-likeness (QED) is 0.134. The van der Waals surface area contributed by atoms with Crippen LogP contribution in [-0.2, 0) is 42.9 Å². The van der Waals surface area contributed by atoms with E-state index in [0.717, 1.165) is 29.6 Å². The highest BCUT2D eigenvalue weighted by atomic mass is 16.7. The van der Waals surface area contributed by atoms with Crippen molar-refractivity contribution in [1.29, 1.82) is 0 Å². The van der Waals surface area contributed by atoms with Crippen LogP contribution in [0, 0.1) is 5.92 Å². The zero-order valence-electron chi connectivity index (χ0n) is 30.7. The summed E-state index contributed by atoms with van der Waals surface area (Å²) in [6, 6.07) is 0. The van der Waals surface area contributed by atoms with Gasteiger partial charge in [-0.15, -0.1) is 0 Å². The van der Waals surface area contributed by atoms with Gasteiger partial charge >= 0.3 is 23.9 Å². The van der Waals surface area contributed by atoms with Crippen molar-refractivity contribution in [2.75, 3.05) is 13.2 Å². The second kappa shape index (κ2) is 19.9. The van der Waals surface area contributed by atoms with Gasteiger partial charge in [0.2, 0.25) is 0 Å². The van der Waals surface area contributed by atoms with E-state index in [0.29, 0.717) is 19.3 Å². The number of carbonyl (C=O) groups excluding carboxylic acids is 4.